The van der Waals surface area contributed by atoms with Crippen molar-refractivity contribution in [2.24, 2.45) is 0 Å². The molecule has 0 radical (unpaired) electrons. The molecule has 1 N–H and O–H groups in total. The first-order valence-electron chi connectivity index (χ1n) is 7.74. The van der Waals surface area contributed by atoms with E-state index < -0.39 is 17.5 Å². The largest absolute Gasteiger partial charge is 0.467 e. The van der Waals surface area contributed by atoms with Crippen LogP contribution in [0.25, 0.3) is 0 Å². The fraction of sp³-hybridized carbons (Fsp3) is 0.294. The predicted octanol–water partition coefficient (Wildman–Crippen LogP) is 1.10. The Kier molecular flexibility index (Phi) is 4.26. The van der Waals surface area contributed by atoms with E-state index >= 15 is 0 Å². The Labute approximate surface area is 144 Å². The Balaban J connectivity index is 1.71. The molecule has 0 aromatic carbocycles. The van der Waals surface area contributed by atoms with Crippen LogP contribution < -0.4 is 5.32 Å². The number of hydrogen-bond acceptors (Lipinski definition) is 5. The molecule has 0 spiro atoms. The standard InChI is InChI=1S/C17H18N4O4/c1-17(13-7-3-4-8-18-13)15(23)21(16(24)19-17)11-14(22)20(2)10-12-6-5-9-25-12/h3-9H,10-11H2,1-2H3,(H,19,24)/t17-/m1/s1. The van der Waals surface area contributed by atoms with Gasteiger partial charge in [-0.25, -0.2) is 4.79 Å². The van der Waals surface area contributed by atoms with Gasteiger partial charge in [0.15, 0.2) is 5.54 Å². The lowest BCUT2D eigenvalue weighted by Gasteiger charge is -2.22. The maximum atomic E-state index is 12.7. The zero-order valence-electron chi connectivity index (χ0n) is 13.9. The second-order valence-corrected chi connectivity index (χ2v) is 5.99. The van der Waals surface area contributed by atoms with Gasteiger partial charge in [-0.1, -0.05) is 6.07 Å². The van der Waals surface area contributed by atoms with E-state index in [2.05, 4.69) is 10.3 Å². The summed E-state index contributed by atoms with van der Waals surface area (Å²) in [6, 6.07) is 7.97. The van der Waals surface area contributed by atoms with Crippen molar-refractivity contribution in [1.82, 2.24) is 20.1 Å². The van der Waals surface area contributed by atoms with Crippen LogP contribution >= 0.6 is 0 Å². The predicted molar refractivity (Wildman–Crippen MR) is 87.0 cm³/mol. The number of imide groups is 1. The first kappa shape index (κ1) is 16.7. The average Bonchev–Trinajstić information content (AvgIpc) is 3.18. The molecule has 0 bridgehead atoms. The van der Waals surface area contributed by atoms with E-state index in [1.54, 1.807) is 50.5 Å². The highest BCUT2D eigenvalue weighted by atomic mass is 16.3. The molecule has 0 saturated carbocycles. The van der Waals surface area contributed by atoms with E-state index in [4.69, 9.17) is 4.42 Å². The number of carbonyl (C=O) groups is 3. The van der Waals surface area contributed by atoms with E-state index in [0.717, 1.165) is 4.90 Å². The van der Waals surface area contributed by atoms with Gasteiger partial charge >= 0.3 is 6.03 Å². The number of aromatic nitrogens is 1. The van der Waals surface area contributed by atoms with Gasteiger partial charge in [-0.15, -0.1) is 0 Å². The molecule has 1 atom stereocenters. The highest BCUT2D eigenvalue weighted by Gasteiger charge is 2.50. The maximum Gasteiger partial charge on any atom is 0.325 e. The van der Waals surface area contributed by atoms with Gasteiger partial charge in [-0.2, -0.15) is 0 Å². The monoisotopic (exact) mass is 342 g/mol. The third-order valence-corrected chi connectivity index (χ3v) is 4.14. The number of pyridine rings is 1. The first-order chi connectivity index (χ1) is 11.9. The van der Waals surface area contributed by atoms with Crippen molar-refractivity contribution >= 4 is 17.8 Å². The van der Waals surface area contributed by atoms with Gasteiger partial charge in [0.1, 0.15) is 12.3 Å². The van der Waals surface area contributed by atoms with Crippen LogP contribution in [0.15, 0.2) is 47.2 Å². The second kappa shape index (κ2) is 6.39. The van der Waals surface area contributed by atoms with E-state index in [9.17, 15) is 14.4 Å². The number of likely N-dealkylation sites (N-methyl/N-ethyl adjacent to an activating group) is 1. The Hall–Kier alpha value is -3.16. The molecule has 2 aromatic heterocycles. The molecule has 4 amide bonds. The summed E-state index contributed by atoms with van der Waals surface area (Å²) in [6.07, 6.45) is 3.06. The first-order valence-corrected chi connectivity index (χ1v) is 7.74. The number of nitrogens with zero attached hydrogens (tertiary/aromatic N) is 3. The minimum absolute atomic E-state index is 0.257. The summed E-state index contributed by atoms with van der Waals surface area (Å²) in [7, 11) is 1.58. The van der Waals surface area contributed by atoms with Crippen molar-refractivity contribution in [3.63, 3.8) is 0 Å². The van der Waals surface area contributed by atoms with Crippen LogP contribution in [0.5, 0.6) is 0 Å². The van der Waals surface area contributed by atoms with Crippen LogP contribution in [0.3, 0.4) is 0 Å². The zero-order chi connectivity index (χ0) is 18.0. The quantitative estimate of drug-likeness (QED) is 0.821. The summed E-state index contributed by atoms with van der Waals surface area (Å²) in [4.78, 5) is 43.8. The lowest BCUT2D eigenvalue weighted by atomic mass is 9.97. The van der Waals surface area contributed by atoms with E-state index in [-0.39, 0.29) is 19.0 Å². The maximum absolute atomic E-state index is 12.7. The minimum Gasteiger partial charge on any atom is -0.467 e. The van der Waals surface area contributed by atoms with Gasteiger partial charge in [-0.05, 0) is 31.2 Å². The molecule has 8 nitrogen and oxygen atoms in total. The van der Waals surface area contributed by atoms with Crippen molar-refractivity contribution in [3.05, 3.63) is 54.2 Å². The number of nitrogens with one attached hydrogen (secondary N) is 1. The molecule has 8 heteroatoms. The minimum atomic E-state index is -1.28. The van der Waals surface area contributed by atoms with Crippen LogP contribution in [0, 0.1) is 0 Å². The van der Waals surface area contributed by atoms with Gasteiger partial charge in [-0.3, -0.25) is 19.5 Å². The molecule has 1 aliphatic heterocycles. The van der Waals surface area contributed by atoms with Crippen molar-refractivity contribution in [2.45, 2.75) is 19.0 Å². The molecule has 1 fully saturated rings. The summed E-state index contributed by atoms with van der Waals surface area (Å²) >= 11 is 0. The molecule has 1 saturated heterocycles. The Morgan fingerprint density at radius 3 is 2.76 bits per heavy atom. The highest BCUT2D eigenvalue weighted by Crippen LogP contribution is 2.27. The number of amides is 4. The lowest BCUT2D eigenvalue weighted by molar-refractivity contribution is -0.138. The Bertz CT molecular complexity index is 790. The van der Waals surface area contributed by atoms with Gasteiger partial charge in [0.25, 0.3) is 5.91 Å². The number of hydrogen-bond donors (Lipinski definition) is 1. The molecule has 0 aliphatic carbocycles. The Morgan fingerprint density at radius 1 is 1.32 bits per heavy atom. The van der Waals surface area contributed by atoms with Crippen LogP contribution in [0.2, 0.25) is 0 Å². The summed E-state index contributed by atoms with van der Waals surface area (Å²) in [5, 5.41) is 2.62. The molecule has 3 heterocycles. The van der Waals surface area contributed by atoms with Gasteiger partial charge in [0.05, 0.1) is 18.5 Å². The normalized spacial score (nSPS) is 19.8. The number of carbonyl (C=O) groups excluding carboxylic acids is 3. The lowest BCUT2D eigenvalue weighted by Crippen LogP contribution is -2.43. The van der Waals surface area contributed by atoms with Crippen molar-refractivity contribution in [2.75, 3.05) is 13.6 Å². The summed E-state index contributed by atoms with van der Waals surface area (Å²) in [5.41, 5.74) is -0.856. The zero-order valence-corrected chi connectivity index (χ0v) is 13.9. The highest BCUT2D eigenvalue weighted by molar-refractivity contribution is 6.08. The van der Waals surface area contributed by atoms with Crippen molar-refractivity contribution in [1.29, 1.82) is 0 Å². The number of rotatable bonds is 5. The topological polar surface area (TPSA) is 95.8 Å². The Morgan fingerprint density at radius 2 is 2.12 bits per heavy atom. The molecule has 3 rings (SSSR count). The molecular formula is C17H18N4O4. The van der Waals surface area contributed by atoms with E-state index in [0.29, 0.717) is 11.5 Å². The van der Waals surface area contributed by atoms with Crippen LogP contribution in [-0.4, -0.2) is 46.2 Å². The van der Waals surface area contributed by atoms with E-state index in [1.165, 1.54) is 11.2 Å². The number of urea groups is 1. The van der Waals surface area contributed by atoms with Crippen LogP contribution in [-0.2, 0) is 21.7 Å². The molecule has 130 valence electrons. The SMILES string of the molecule is CN(Cc1ccco1)C(=O)CN1C(=O)N[C@](C)(c2ccccn2)C1=O. The van der Waals surface area contributed by atoms with Crippen LogP contribution in [0.4, 0.5) is 4.79 Å². The fourth-order valence-corrected chi connectivity index (χ4v) is 2.65. The molecule has 2 aromatic rings. The smallest absolute Gasteiger partial charge is 0.325 e. The second-order valence-electron chi connectivity index (χ2n) is 5.99. The van der Waals surface area contributed by atoms with E-state index in [1.807, 2.05) is 0 Å². The third-order valence-electron chi connectivity index (χ3n) is 4.14. The summed E-state index contributed by atoms with van der Waals surface area (Å²) < 4.78 is 5.20. The fourth-order valence-electron chi connectivity index (χ4n) is 2.65. The van der Waals surface area contributed by atoms with Crippen molar-refractivity contribution < 1.29 is 18.8 Å². The van der Waals surface area contributed by atoms with Gasteiger partial charge in [0.2, 0.25) is 5.91 Å². The molecule has 1 aliphatic rings. The molecule has 0 unspecified atom stereocenters. The third kappa shape index (κ3) is 3.10. The summed E-state index contributed by atoms with van der Waals surface area (Å²) in [5.74, 6) is -0.257. The van der Waals surface area contributed by atoms with Crippen LogP contribution in [0.1, 0.15) is 18.4 Å². The van der Waals surface area contributed by atoms with Crippen molar-refractivity contribution in [3.8, 4) is 0 Å². The number of furan rings is 1. The van der Waals surface area contributed by atoms with Gasteiger partial charge < -0.3 is 14.6 Å². The van der Waals surface area contributed by atoms with Gasteiger partial charge in [0, 0.05) is 13.2 Å². The molecular weight excluding hydrogens is 324 g/mol. The summed E-state index contributed by atoms with van der Waals surface area (Å²) in [6.45, 7) is 1.49. The molecule has 25 heavy (non-hydrogen) atoms. The average molecular weight is 342 g/mol.